The van der Waals surface area contributed by atoms with Gasteiger partial charge >= 0.3 is 0 Å². The van der Waals surface area contributed by atoms with Crippen LogP contribution in [0.2, 0.25) is 0 Å². The van der Waals surface area contributed by atoms with Gasteiger partial charge in [-0.25, -0.2) is 0 Å². The first-order valence-corrected chi connectivity index (χ1v) is 3.26. The number of fused-ring (bicyclic) bond motifs is 1. The summed E-state index contributed by atoms with van der Waals surface area (Å²) < 4.78 is 0. The Hall–Kier alpha value is -1.71. The van der Waals surface area contributed by atoms with Crippen LogP contribution >= 0.6 is 0 Å². The average molecular weight is 148 g/mol. The third-order valence-corrected chi connectivity index (χ3v) is 1.62. The number of aromatic nitrogens is 2. The van der Waals surface area contributed by atoms with Crippen molar-refractivity contribution in [3.8, 4) is 0 Å². The molecule has 4 N–H and O–H groups in total. The summed E-state index contributed by atoms with van der Waals surface area (Å²) in [6.07, 6.45) is 1.70. The zero-order valence-corrected chi connectivity index (χ0v) is 5.86. The standard InChI is InChI=1S/C7H8N4/c8-6-2-1-5-4-10-11(9)7(5)3-6/h1-4H,8-9H2. The van der Waals surface area contributed by atoms with Crippen molar-refractivity contribution in [2.24, 2.45) is 0 Å². The largest absolute Gasteiger partial charge is 0.399 e. The maximum Gasteiger partial charge on any atom is 0.0936 e. The molecule has 0 bridgehead atoms. The zero-order chi connectivity index (χ0) is 7.84. The first-order chi connectivity index (χ1) is 5.27. The molecule has 0 aliphatic rings. The normalized spacial score (nSPS) is 10.5. The first-order valence-electron chi connectivity index (χ1n) is 3.26. The molecule has 0 radical (unpaired) electrons. The molecule has 4 heteroatoms. The summed E-state index contributed by atoms with van der Waals surface area (Å²) in [5, 5.41) is 4.88. The van der Waals surface area contributed by atoms with E-state index in [0.29, 0.717) is 5.69 Å². The molecule has 1 aromatic carbocycles. The minimum absolute atomic E-state index is 0.699. The van der Waals surface area contributed by atoms with Crippen molar-refractivity contribution in [2.45, 2.75) is 0 Å². The van der Waals surface area contributed by atoms with Crippen LogP contribution in [-0.4, -0.2) is 9.89 Å². The molecule has 1 aromatic heterocycles. The van der Waals surface area contributed by atoms with Crippen LogP contribution in [0.5, 0.6) is 0 Å². The molecule has 2 rings (SSSR count). The lowest BCUT2D eigenvalue weighted by Crippen LogP contribution is -2.08. The van der Waals surface area contributed by atoms with Gasteiger partial charge in [0.2, 0.25) is 0 Å². The van der Waals surface area contributed by atoms with Gasteiger partial charge in [-0.1, -0.05) is 0 Å². The van der Waals surface area contributed by atoms with Crippen LogP contribution in [0.25, 0.3) is 10.9 Å². The van der Waals surface area contributed by atoms with E-state index in [1.165, 1.54) is 4.79 Å². The highest BCUT2D eigenvalue weighted by molar-refractivity contribution is 5.81. The van der Waals surface area contributed by atoms with Gasteiger partial charge in [0.1, 0.15) is 0 Å². The van der Waals surface area contributed by atoms with Crippen molar-refractivity contribution in [3.63, 3.8) is 0 Å². The van der Waals surface area contributed by atoms with Crippen LogP contribution in [0.3, 0.4) is 0 Å². The molecule has 0 fully saturated rings. The van der Waals surface area contributed by atoms with Gasteiger partial charge in [-0.15, -0.1) is 0 Å². The fraction of sp³-hybridized carbons (Fsp3) is 0. The summed E-state index contributed by atoms with van der Waals surface area (Å²) in [4.78, 5) is 1.31. The molecule has 4 nitrogen and oxygen atoms in total. The molecule has 0 atom stereocenters. The van der Waals surface area contributed by atoms with Gasteiger partial charge in [0.05, 0.1) is 11.7 Å². The number of benzene rings is 1. The molecule has 11 heavy (non-hydrogen) atoms. The van der Waals surface area contributed by atoms with Crippen molar-refractivity contribution in [3.05, 3.63) is 24.4 Å². The van der Waals surface area contributed by atoms with E-state index >= 15 is 0 Å². The number of nitrogens with zero attached hydrogens (tertiary/aromatic N) is 2. The highest BCUT2D eigenvalue weighted by atomic mass is 15.5. The van der Waals surface area contributed by atoms with E-state index in [1.807, 2.05) is 12.1 Å². The smallest absolute Gasteiger partial charge is 0.0936 e. The molecular weight excluding hydrogens is 140 g/mol. The van der Waals surface area contributed by atoms with E-state index in [4.69, 9.17) is 11.6 Å². The van der Waals surface area contributed by atoms with Crippen molar-refractivity contribution in [2.75, 3.05) is 11.6 Å². The minimum atomic E-state index is 0.699. The summed E-state index contributed by atoms with van der Waals surface area (Å²) in [5.74, 6) is 5.50. The summed E-state index contributed by atoms with van der Waals surface area (Å²) >= 11 is 0. The highest BCUT2D eigenvalue weighted by Gasteiger charge is 1.98. The molecule has 2 aromatic rings. The van der Waals surface area contributed by atoms with Gasteiger partial charge in [-0.05, 0) is 18.2 Å². The SMILES string of the molecule is Nc1ccc2cnn(N)c2c1. The van der Waals surface area contributed by atoms with Crippen LogP contribution in [0, 0.1) is 0 Å². The van der Waals surface area contributed by atoms with Crippen LogP contribution in [0.15, 0.2) is 24.4 Å². The zero-order valence-electron chi connectivity index (χ0n) is 5.86. The number of hydrogen-bond donors (Lipinski definition) is 2. The lowest BCUT2D eigenvalue weighted by molar-refractivity contribution is 0.863. The molecular formula is C7H8N4. The van der Waals surface area contributed by atoms with Crippen molar-refractivity contribution in [1.82, 2.24) is 9.89 Å². The van der Waals surface area contributed by atoms with Crippen molar-refractivity contribution in [1.29, 1.82) is 0 Å². The Balaban J connectivity index is 2.87. The lowest BCUT2D eigenvalue weighted by atomic mass is 10.2. The van der Waals surface area contributed by atoms with Crippen LogP contribution < -0.4 is 11.6 Å². The molecule has 0 aliphatic heterocycles. The van der Waals surface area contributed by atoms with Crippen LogP contribution in [-0.2, 0) is 0 Å². The van der Waals surface area contributed by atoms with E-state index in [1.54, 1.807) is 12.3 Å². The lowest BCUT2D eigenvalue weighted by Gasteiger charge is -1.94. The third kappa shape index (κ3) is 0.797. The number of hydrogen-bond acceptors (Lipinski definition) is 3. The van der Waals surface area contributed by atoms with E-state index in [-0.39, 0.29) is 0 Å². The Labute approximate surface area is 63.4 Å². The summed E-state index contributed by atoms with van der Waals surface area (Å²) in [6, 6.07) is 5.51. The van der Waals surface area contributed by atoms with E-state index in [2.05, 4.69) is 5.10 Å². The fourth-order valence-corrected chi connectivity index (χ4v) is 1.05. The summed E-state index contributed by atoms with van der Waals surface area (Å²) in [6.45, 7) is 0. The molecule has 1 heterocycles. The van der Waals surface area contributed by atoms with Gasteiger partial charge in [-0.2, -0.15) is 9.89 Å². The molecule has 0 unspecified atom stereocenters. The highest BCUT2D eigenvalue weighted by Crippen LogP contribution is 2.14. The summed E-state index contributed by atoms with van der Waals surface area (Å²) in [7, 11) is 0. The number of nitrogen functional groups attached to an aromatic ring is 2. The Morgan fingerprint density at radius 3 is 3.00 bits per heavy atom. The molecule has 0 spiro atoms. The Morgan fingerprint density at radius 2 is 2.18 bits per heavy atom. The first kappa shape index (κ1) is 6.03. The number of anilines is 1. The second-order valence-electron chi connectivity index (χ2n) is 2.41. The van der Waals surface area contributed by atoms with Gasteiger partial charge < -0.3 is 11.6 Å². The third-order valence-electron chi connectivity index (χ3n) is 1.62. The maximum absolute atomic E-state index is 5.56. The van der Waals surface area contributed by atoms with Gasteiger partial charge in [0.15, 0.2) is 0 Å². The quantitative estimate of drug-likeness (QED) is 0.418. The van der Waals surface area contributed by atoms with Gasteiger partial charge in [0.25, 0.3) is 0 Å². The number of rotatable bonds is 0. The Kier molecular flexibility index (Phi) is 1.03. The van der Waals surface area contributed by atoms with Crippen LogP contribution in [0.1, 0.15) is 0 Å². The second kappa shape index (κ2) is 1.88. The predicted octanol–water partition coefficient (Wildman–Crippen LogP) is 0.332. The molecule has 0 amide bonds. The van der Waals surface area contributed by atoms with Crippen LogP contribution in [0.4, 0.5) is 5.69 Å². The summed E-state index contributed by atoms with van der Waals surface area (Å²) in [5.41, 5.74) is 7.11. The molecule has 0 aliphatic carbocycles. The fourth-order valence-electron chi connectivity index (χ4n) is 1.05. The molecule has 0 saturated heterocycles. The molecule has 56 valence electrons. The number of nitrogens with two attached hydrogens (primary N) is 2. The topological polar surface area (TPSA) is 69.9 Å². The monoisotopic (exact) mass is 148 g/mol. The Morgan fingerprint density at radius 1 is 1.36 bits per heavy atom. The predicted molar refractivity (Wildman–Crippen MR) is 44.3 cm³/mol. The second-order valence-corrected chi connectivity index (χ2v) is 2.41. The van der Waals surface area contributed by atoms with Crippen molar-refractivity contribution < 1.29 is 0 Å². The molecule has 0 saturated carbocycles. The van der Waals surface area contributed by atoms with E-state index in [9.17, 15) is 0 Å². The minimum Gasteiger partial charge on any atom is -0.399 e. The van der Waals surface area contributed by atoms with E-state index < -0.39 is 0 Å². The maximum atomic E-state index is 5.56. The van der Waals surface area contributed by atoms with Gasteiger partial charge in [0, 0.05) is 11.1 Å². The Bertz CT molecular complexity index is 390. The van der Waals surface area contributed by atoms with E-state index in [0.717, 1.165) is 10.9 Å². The van der Waals surface area contributed by atoms with Gasteiger partial charge in [-0.3, -0.25) is 0 Å². The van der Waals surface area contributed by atoms with Crippen molar-refractivity contribution >= 4 is 16.6 Å². The average Bonchev–Trinajstić information content (AvgIpc) is 2.33.